The summed E-state index contributed by atoms with van der Waals surface area (Å²) in [5.74, 6) is -1.98. The van der Waals surface area contributed by atoms with E-state index in [9.17, 15) is 14.0 Å². The third-order valence-corrected chi connectivity index (χ3v) is 4.04. The van der Waals surface area contributed by atoms with Gasteiger partial charge >= 0.3 is 0 Å². The van der Waals surface area contributed by atoms with E-state index >= 15 is 0 Å². The van der Waals surface area contributed by atoms with Crippen LogP contribution >= 0.6 is 11.6 Å². The highest BCUT2D eigenvalue weighted by atomic mass is 35.5. The Morgan fingerprint density at radius 1 is 1.33 bits per heavy atom. The second-order valence-electron chi connectivity index (χ2n) is 5.33. The fraction of sp³-hybridized carbons (Fsp3) is 0.118. The van der Waals surface area contributed by atoms with Gasteiger partial charge in [-0.05, 0) is 35.9 Å². The third kappa shape index (κ3) is 3.07. The van der Waals surface area contributed by atoms with Gasteiger partial charge in [-0.3, -0.25) is 9.59 Å². The largest absolute Gasteiger partial charge is 0.326 e. The minimum atomic E-state index is -0.733. The van der Waals surface area contributed by atoms with Gasteiger partial charge in [0.05, 0.1) is 16.5 Å². The first kappa shape index (κ1) is 16.0. The average molecular weight is 344 g/mol. The molecule has 0 aliphatic carbocycles. The molecule has 1 unspecified atom stereocenters. The van der Waals surface area contributed by atoms with E-state index in [4.69, 9.17) is 16.9 Å². The van der Waals surface area contributed by atoms with Crippen molar-refractivity contribution in [1.29, 1.82) is 5.26 Å². The van der Waals surface area contributed by atoms with Gasteiger partial charge in [0.15, 0.2) is 0 Å². The molecule has 2 aromatic rings. The van der Waals surface area contributed by atoms with Crippen molar-refractivity contribution < 1.29 is 14.0 Å². The number of rotatable bonds is 2. The van der Waals surface area contributed by atoms with Crippen LogP contribution in [0.5, 0.6) is 0 Å². The normalized spacial score (nSPS) is 15.9. The zero-order valence-electron chi connectivity index (χ0n) is 12.3. The van der Waals surface area contributed by atoms with Crippen LogP contribution in [0.1, 0.15) is 23.5 Å². The van der Waals surface area contributed by atoms with Crippen LogP contribution in [0.2, 0.25) is 5.02 Å². The van der Waals surface area contributed by atoms with E-state index in [1.54, 1.807) is 6.07 Å². The van der Waals surface area contributed by atoms with Crippen LogP contribution < -0.4 is 10.6 Å². The Labute approximate surface area is 142 Å². The molecule has 2 amide bonds. The molecule has 1 heterocycles. The smallest absolute Gasteiger partial charge is 0.232 e. The molecule has 0 fully saturated rings. The highest BCUT2D eigenvalue weighted by Crippen LogP contribution is 2.33. The Balaban J connectivity index is 1.87. The molecule has 1 atom stereocenters. The summed E-state index contributed by atoms with van der Waals surface area (Å²) in [6.07, 6.45) is -0.0333. The van der Waals surface area contributed by atoms with Gasteiger partial charge in [0.25, 0.3) is 0 Å². The van der Waals surface area contributed by atoms with Crippen LogP contribution in [0, 0.1) is 17.1 Å². The SMILES string of the molecule is N#Cc1ccc(NC(=O)C2CC(=O)Nc3cc(F)ccc32)cc1Cl. The lowest BCUT2D eigenvalue weighted by molar-refractivity contribution is -0.123. The third-order valence-electron chi connectivity index (χ3n) is 3.73. The van der Waals surface area contributed by atoms with Gasteiger partial charge in [-0.2, -0.15) is 5.26 Å². The number of fused-ring (bicyclic) bond motifs is 1. The number of carbonyl (C=O) groups is 2. The van der Waals surface area contributed by atoms with E-state index in [2.05, 4.69) is 10.6 Å². The maximum atomic E-state index is 13.3. The monoisotopic (exact) mass is 343 g/mol. The quantitative estimate of drug-likeness (QED) is 0.876. The summed E-state index contributed by atoms with van der Waals surface area (Å²) < 4.78 is 13.3. The van der Waals surface area contributed by atoms with E-state index in [1.807, 2.05) is 6.07 Å². The number of nitrogens with zero attached hydrogens (tertiary/aromatic N) is 1. The summed E-state index contributed by atoms with van der Waals surface area (Å²) in [6, 6.07) is 10.4. The predicted molar refractivity (Wildman–Crippen MR) is 87.2 cm³/mol. The molecule has 0 saturated carbocycles. The number of nitriles is 1. The summed E-state index contributed by atoms with van der Waals surface area (Å²) >= 11 is 5.94. The standard InChI is InChI=1S/C17H11ClFN3O2/c18-14-6-11(3-1-9(14)8-20)21-17(24)13-7-16(23)22-15-5-10(19)2-4-12(13)15/h1-6,13H,7H2,(H,21,24)(H,22,23). The molecule has 5 nitrogen and oxygen atoms in total. The van der Waals surface area contributed by atoms with Gasteiger partial charge in [0.2, 0.25) is 11.8 Å². The summed E-state index contributed by atoms with van der Waals surface area (Å²) in [5.41, 5.74) is 1.56. The van der Waals surface area contributed by atoms with Crippen LogP contribution in [0.3, 0.4) is 0 Å². The zero-order valence-corrected chi connectivity index (χ0v) is 13.0. The number of carbonyl (C=O) groups excluding carboxylic acids is 2. The predicted octanol–water partition coefficient (Wildman–Crippen LogP) is 3.42. The average Bonchev–Trinajstić information content (AvgIpc) is 2.53. The number of hydrogen-bond acceptors (Lipinski definition) is 3. The van der Waals surface area contributed by atoms with Crippen molar-refractivity contribution in [3.05, 3.63) is 58.4 Å². The minimum Gasteiger partial charge on any atom is -0.326 e. The number of hydrogen-bond donors (Lipinski definition) is 2. The molecule has 0 radical (unpaired) electrons. The Morgan fingerprint density at radius 3 is 2.83 bits per heavy atom. The Hall–Kier alpha value is -2.91. The fourth-order valence-electron chi connectivity index (χ4n) is 2.58. The van der Waals surface area contributed by atoms with Crippen molar-refractivity contribution in [2.75, 3.05) is 10.6 Å². The zero-order chi connectivity index (χ0) is 17.3. The van der Waals surface area contributed by atoms with Crippen molar-refractivity contribution in [3.63, 3.8) is 0 Å². The molecule has 3 rings (SSSR count). The van der Waals surface area contributed by atoms with Crippen LogP contribution in [0.25, 0.3) is 0 Å². The van der Waals surface area contributed by atoms with E-state index in [1.165, 1.54) is 30.3 Å². The highest BCUT2D eigenvalue weighted by Gasteiger charge is 2.31. The van der Waals surface area contributed by atoms with E-state index in [-0.39, 0.29) is 17.4 Å². The van der Waals surface area contributed by atoms with Crippen LogP contribution in [0.15, 0.2) is 36.4 Å². The van der Waals surface area contributed by atoms with E-state index in [0.29, 0.717) is 22.5 Å². The summed E-state index contributed by atoms with van der Waals surface area (Å²) in [6.45, 7) is 0. The first-order valence-electron chi connectivity index (χ1n) is 7.08. The van der Waals surface area contributed by atoms with Crippen molar-refractivity contribution >= 4 is 34.8 Å². The molecular weight excluding hydrogens is 333 g/mol. The van der Waals surface area contributed by atoms with Crippen molar-refractivity contribution in [1.82, 2.24) is 0 Å². The number of amides is 2. The lowest BCUT2D eigenvalue weighted by Crippen LogP contribution is -2.30. The molecule has 0 aromatic heterocycles. The minimum absolute atomic E-state index is 0.0333. The van der Waals surface area contributed by atoms with Crippen molar-refractivity contribution in [2.45, 2.75) is 12.3 Å². The van der Waals surface area contributed by atoms with Gasteiger partial charge in [-0.15, -0.1) is 0 Å². The lowest BCUT2D eigenvalue weighted by Gasteiger charge is -2.25. The first-order chi connectivity index (χ1) is 11.5. The number of halogens is 2. The summed E-state index contributed by atoms with van der Waals surface area (Å²) in [5, 5.41) is 14.3. The first-order valence-corrected chi connectivity index (χ1v) is 7.45. The van der Waals surface area contributed by atoms with Crippen LogP contribution in [0.4, 0.5) is 15.8 Å². The van der Waals surface area contributed by atoms with Gasteiger partial charge in [-0.25, -0.2) is 4.39 Å². The molecular formula is C17H11ClFN3O2. The molecule has 1 aliphatic rings. The summed E-state index contributed by atoms with van der Waals surface area (Å²) in [7, 11) is 0. The maximum Gasteiger partial charge on any atom is 0.232 e. The molecule has 2 N–H and O–H groups in total. The Morgan fingerprint density at radius 2 is 2.12 bits per heavy atom. The highest BCUT2D eigenvalue weighted by molar-refractivity contribution is 6.32. The van der Waals surface area contributed by atoms with Crippen molar-refractivity contribution in [3.8, 4) is 6.07 Å². The Kier molecular flexibility index (Phi) is 4.19. The molecule has 0 spiro atoms. The molecule has 120 valence electrons. The van der Waals surface area contributed by atoms with Gasteiger partial charge in [-0.1, -0.05) is 17.7 Å². The van der Waals surface area contributed by atoms with Gasteiger partial charge in [0, 0.05) is 17.8 Å². The molecule has 0 bridgehead atoms. The topological polar surface area (TPSA) is 82.0 Å². The number of nitrogens with one attached hydrogen (secondary N) is 2. The van der Waals surface area contributed by atoms with Gasteiger partial charge < -0.3 is 10.6 Å². The molecule has 24 heavy (non-hydrogen) atoms. The number of anilines is 2. The van der Waals surface area contributed by atoms with E-state index < -0.39 is 17.6 Å². The fourth-order valence-corrected chi connectivity index (χ4v) is 2.81. The maximum absolute atomic E-state index is 13.3. The second kappa shape index (κ2) is 6.30. The second-order valence-corrected chi connectivity index (χ2v) is 5.74. The van der Waals surface area contributed by atoms with E-state index in [0.717, 1.165) is 0 Å². The van der Waals surface area contributed by atoms with Crippen LogP contribution in [-0.4, -0.2) is 11.8 Å². The molecule has 7 heteroatoms. The van der Waals surface area contributed by atoms with Crippen molar-refractivity contribution in [2.24, 2.45) is 0 Å². The Bertz CT molecular complexity index is 892. The molecule has 0 saturated heterocycles. The lowest BCUT2D eigenvalue weighted by atomic mass is 9.89. The van der Waals surface area contributed by atoms with Gasteiger partial charge in [0.1, 0.15) is 11.9 Å². The van der Waals surface area contributed by atoms with Crippen LogP contribution in [-0.2, 0) is 9.59 Å². The molecule has 1 aliphatic heterocycles. The number of benzene rings is 2. The summed E-state index contributed by atoms with van der Waals surface area (Å²) in [4.78, 5) is 24.3. The molecule has 2 aromatic carbocycles.